The van der Waals surface area contributed by atoms with Crippen LogP contribution >= 0.6 is 11.3 Å². The summed E-state index contributed by atoms with van der Waals surface area (Å²) in [4.78, 5) is 5.45. The monoisotopic (exact) mass is 248 g/mol. The van der Waals surface area contributed by atoms with Gasteiger partial charge in [-0.3, -0.25) is 0 Å². The van der Waals surface area contributed by atoms with E-state index in [1.165, 1.54) is 4.88 Å². The van der Waals surface area contributed by atoms with Crippen molar-refractivity contribution in [1.29, 1.82) is 0 Å². The van der Waals surface area contributed by atoms with Gasteiger partial charge in [0, 0.05) is 23.5 Å². The van der Waals surface area contributed by atoms with Gasteiger partial charge >= 0.3 is 0 Å². The number of rotatable bonds is 4. The van der Waals surface area contributed by atoms with Gasteiger partial charge in [-0.1, -0.05) is 18.2 Å². The van der Waals surface area contributed by atoms with Crippen LogP contribution in [0.3, 0.4) is 0 Å². The van der Waals surface area contributed by atoms with E-state index in [1.807, 2.05) is 37.6 Å². The second-order valence-electron chi connectivity index (χ2n) is 4.05. The molecule has 3 nitrogen and oxygen atoms in total. The lowest BCUT2D eigenvalue weighted by atomic mass is 10.1. The minimum absolute atomic E-state index is 0.390. The Bertz CT molecular complexity index is 508. The minimum Gasteiger partial charge on any atom is -0.507 e. The van der Waals surface area contributed by atoms with E-state index < -0.39 is 0 Å². The van der Waals surface area contributed by atoms with Crippen LogP contribution in [0.5, 0.6) is 5.75 Å². The SMILES string of the molecule is Cc1cccc(CNCc2scnc2C)c1O. The fourth-order valence-electron chi connectivity index (χ4n) is 1.67. The number of hydrogen-bond donors (Lipinski definition) is 2. The van der Waals surface area contributed by atoms with Crippen LogP contribution in [-0.4, -0.2) is 10.1 Å². The third-order valence-corrected chi connectivity index (χ3v) is 3.70. The summed E-state index contributed by atoms with van der Waals surface area (Å²) in [5, 5.41) is 13.2. The van der Waals surface area contributed by atoms with Gasteiger partial charge in [-0.2, -0.15) is 0 Å². The maximum absolute atomic E-state index is 9.86. The highest BCUT2D eigenvalue weighted by Crippen LogP contribution is 2.21. The van der Waals surface area contributed by atoms with E-state index in [4.69, 9.17) is 0 Å². The highest BCUT2D eigenvalue weighted by atomic mass is 32.1. The lowest BCUT2D eigenvalue weighted by molar-refractivity contribution is 0.460. The smallest absolute Gasteiger partial charge is 0.122 e. The molecule has 0 fully saturated rings. The molecule has 1 aromatic carbocycles. The highest BCUT2D eigenvalue weighted by molar-refractivity contribution is 7.09. The number of aryl methyl sites for hydroxylation is 2. The second kappa shape index (κ2) is 5.29. The third kappa shape index (κ3) is 2.84. The molecule has 0 spiro atoms. The molecule has 90 valence electrons. The number of nitrogens with one attached hydrogen (secondary N) is 1. The molecule has 1 aromatic heterocycles. The van der Waals surface area contributed by atoms with Crippen molar-refractivity contribution in [3.63, 3.8) is 0 Å². The normalized spacial score (nSPS) is 10.7. The number of benzene rings is 1. The number of thiazole rings is 1. The molecule has 1 heterocycles. The minimum atomic E-state index is 0.390. The zero-order chi connectivity index (χ0) is 12.3. The Labute approximate surface area is 105 Å². The van der Waals surface area contributed by atoms with Crippen LogP contribution in [-0.2, 0) is 13.1 Å². The van der Waals surface area contributed by atoms with E-state index >= 15 is 0 Å². The molecule has 0 saturated carbocycles. The summed E-state index contributed by atoms with van der Waals surface area (Å²) in [6, 6.07) is 5.81. The van der Waals surface area contributed by atoms with Gasteiger partial charge in [0.2, 0.25) is 0 Å². The molecule has 4 heteroatoms. The first-order valence-corrected chi connectivity index (χ1v) is 6.43. The van der Waals surface area contributed by atoms with E-state index in [1.54, 1.807) is 11.3 Å². The first-order chi connectivity index (χ1) is 8.18. The molecule has 2 aromatic rings. The van der Waals surface area contributed by atoms with Gasteiger partial charge in [0.15, 0.2) is 0 Å². The van der Waals surface area contributed by atoms with Crippen molar-refractivity contribution in [1.82, 2.24) is 10.3 Å². The fourth-order valence-corrected chi connectivity index (χ4v) is 2.42. The highest BCUT2D eigenvalue weighted by Gasteiger charge is 2.04. The van der Waals surface area contributed by atoms with Crippen molar-refractivity contribution in [2.45, 2.75) is 26.9 Å². The summed E-state index contributed by atoms with van der Waals surface area (Å²) in [6.45, 7) is 5.39. The fraction of sp³-hybridized carbons (Fsp3) is 0.308. The first-order valence-electron chi connectivity index (χ1n) is 5.55. The maximum atomic E-state index is 9.86. The predicted molar refractivity (Wildman–Crippen MR) is 70.2 cm³/mol. The number of phenolic OH excluding ortho intramolecular Hbond substituents is 1. The zero-order valence-electron chi connectivity index (χ0n) is 10.0. The van der Waals surface area contributed by atoms with Gasteiger partial charge in [-0.15, -0.1) is 11.3 Å². The molecule has 2 rings (SSSR count). The Morgan fingerprint density at radius 3 is 2.82 bits per heavy atom. The molecule has 0 bridgehead atoms. The van der Waals surface area contributed by atoms with Crippen molar-refractivity contribution in [2.75, 3.05) is 0 Å². The van der Waals surface area contributed by atoms with E-state index in [0.717, 1.165) is 23.4 Å². The van der Waals surface area contributed by atoms with Crippen LogP contribution < -0.4 is 5.32 Å². The van der Waals surface area contributed by atoms with E-state index in [2.05, 4.69) is 10.3 Å². The van der Waals surface area contributed by atoms with Crippen LogP contribution in [0.2, 0.25) is 0 Å². The molecule has 0 atom stereocenters. The molecule has 0 aliphatic heterocycles. The number of para-hydroxylation sites is 1. The van der Waals surface area contributed by atoms with Crippen LogP contribution in [0.15, 0.2) is 23.7 Å². The molecule has 0 aliphatic rings. The standard InChI is InChI=1S/C13H16N2OS/c1-9-4-3-5-11(13(9)16)6-14-7-12-10(2)15-8-17-12/h3-5,8,14,16H,6-7H2,1-2H3. The number of nitrogens with zero attached hydrogens (tertiary/aromatic N) is 1. The molecule has 0 saturated heterocycles. The summed E-state index contributed by atoms with van der Waals surface area (Å²) < 4.78 is 0. The van der Waals surface area contributed by atoms with Crippen LogP contribution in [0.25, 0.3) is 0 Å². The average Bonchev–Trinajstić information content (AvgIpc) is 2.71. The molecule has 0 amide bonds. The Morgan fingerprint density at radius 2 is 2.12 bits per heavy atom. The van der Waals surface area contributed by atoms with Gasteiger partial charge in [0.25, 0.3) is 0 Å². The number of hydrogen-bond acceptors (Lipinski definition) is 4. The van der Waals surface area contributed by atoms with Crippen LogP contribution in [0.4, 0.5) is 0 Å². The molecule has 0 aliphatic carbocycles. The molecule has 17 heavy (non-hydrogen) atoms. The zero-order valence-corrected chi connectivity index (χ0v) is 10.8. The van der Waals surface area contributed by atoms with Crippen molar-refractivity contribution in [3.05, 3.63) is 45.4 Å². The van der Waals surface area contributed by atoms with Crippen LogP contribution in [0.1, 0.15) is 21.7 Å². The molecular formula is C13H16N2OS. The molecular weight excluding hydrogens is 232 g/mol. The second-order valence-corrected chi connectivity index (χ2v) is 4.99. The van der Waals surface area contributed by atoms with Crippen molar-refractivity contribution >= 4 is 11.3 Å². The lowest BCUT2D eigenvalue weighted by Crippen LogP contribution is -2.12. The maximum Gasteiger partial charge on any atom is 0.122 e. The van der Waals surface area contributed by atoms with Crippen molar-refractivity contribution in [2.24, 2.45) is 0 Å². The summed E-state index contributed by atoms with van der Waals surface area (Å²) in [7, 11) is 0. The first kappa shape index (κ1) is 12.1. The van der Waals surface area contributed by atoms with E-state index in [-0.39, 0.29) is 0 Å². The van der Waals surface area contributed by atoms with E-state index in [9.17, 15) is 5.11 Å². The Kier molecular flexibility index (Phi) is 3.76. The predicted octanol–water partition coefficient (Wildman–Crippen LogP) is 2.76. The Hall–Kier alpha value is -1.39. The number of phenols is 1. The van der Waals surface area contributed by atoms with Gasteiger partial charge < -0.3 is 10.4 Å². The Morgan fingerprint density at radius 1 is 1.29 bits per heavy atom. The molecule has 0 unspecified atom stereocenters. The quantitative estimate of drug-likeness (QED) is 0.874. The van der Waals surface area contributed by atoms with Crippen LogP contribution in [0, 0.1) is 13.8 Å². The van der Waals surface area contributed by atoms with Gasteiger partial charge in [-0.05, 0) is 19.4 Å². The van der Waals surface area contributed by atoms with Gasteiger partial charge in [0.1, 0.15) is 5.75 Å². The Balaban J connectivity index is 1.95. The van der Waals surface area contributed by atoms with Gasteiger partial charge in [-0.25, -0.2) is 4.98 Å². The molecule has 2 N–H and O–H groups in total. The number of aromatic hydroxyl groups is 1. The summed E-state index contributed by atoms with van der Waals surface area (Å²) in [6.07, 6.45) is 0. The third-order valence-electron chi connectivity index (χ3n) is 2.77. The summed E-state index contributed by atoms with van der Waals surface area (Å²) in [5.74, 6) is 0.390. The average molecular weight is 248 g/mol. The summed E-state index contributed by atoms with van der Waals surface area (Å²) >= 11 is 1.66. The van der Waals surface area contributed by atoms with Crippen molar-refractivity contribution < 1.29 is 5.11 Å². The summed E-state index contributed by atoms with van der Waals surface area (Å²) in [5.41, 5.74) is 4.79. The largest absolute Gasteiger partial charge is 0.507 e. The van der Waals surface area contributed by atoms with Crippen molar-refractivity contribution in [3.8, 4) is 5.75 Å². The topological polar surface area (TPSA) is 45.2 Å². The van der Waals surface area contributed by atoms with Gasteiger partial charge in [0.05, 0.1) is 11.2 Å². The number of aromatic nitrogens is 1. The molecule has 0 radical (unpaired) electrons. The lowest BCUT2D eigenvalue weighted by Gasteiger charge is -2.08. The van der Waals surface area contributed by atoms with E-state index in [0.29, 0.717) is 12.3 Å².